The Kier molecular flexibility index (Phi) is 4.48. The first kappa shape index (κ1) is 19.4. The summed E-state index contributed by atoms with van der Waals surface area (Å²) in [5.41, 5.74) is 2.03. The van der Waals surface area contributed by atoms with Gasteiger partial charge in [-0.2, -0.15) is 0 Å². The van der Waals surface area contributed by atoms with Crippen LogP contribution in [-0.4, -0.2) is 52.6 Å². The quantitative estimate of drug-likeness (QED) is 0.731. The summed E-state index contributed by atoms with van der Waals surface area (Å²) in [4.78, 5) is 41.9. The van der Waals surface area contributed by atoms with Gasteiger partial charge in [0.1, 0.15) is 0 Å². The van der Waals surface area contributed by atoms with Crippen molar-refractivity contribution in [3.05, 3.63) is 58.0 Å². The maximum absolute atomic E-state index is 13.3. The minimum absolute atomic E-state index is 0.00937. The van der Waals surface area contributed by atoms with Gasteiger partial charge in [0, 0.05) is 56.8 Å². The van der Waals surface area contributed by atoms with Crippen LogP contribution in [-0.2, 0) is 22.7 Å². The highest BCUT2D eigenvalue weighted by Gasteiger charge is 2.41. The molecule has 1 aromatic carbocycles. The number of carbonyl (C=O) groups is 2. The van der Waals surface area contributed by atoms with Gasteiger partial charge >= 0.3 is 0 Å². The number of nitrogens with zero attached hydrogens (tertiary/aromatic N) is 3. The van der Waals surface area contributed by atoms with E-state index in [1.54, 1.807) is 17.0 Å². The van der Waals surface area contributed by atoms with E-state index in [9.17, 15) is 14.4 Å². The minimum Gasteiger partial charge on any atom is -0.454 e. The van der Waals surface area contributed by atoms with E-state index in [1.807, 2.05) is 33.7 Å². The number of pyridine rings is 1. The van der Waals surface area contributed by atoms with Crippen LogP contribution < -0.4 is 15.0 Å². The molecule has 2 fully saturated rings. The lowest BCUT2D eigenvalue weighted by molar-refractivity contribution is -0.138. The van der Waals surface area contributed by atoms with Crippen molar-refractivity contribution in [1.82, 2.24) is 14.4 Å². The van der Waals surface area contributed by atoms with Crippen molar-refractivity contribution in [2.75, 3.05) is 26.4 Å². The van der Waals surface area contributed by atoms with Crippen LogP contribution in [0, 0.1) is 11.8 Å². The van der Waals surface area contributed by atoms with Crippen LogP contribution in [0.5, 0.6) is 11.5 Å². The summed E-state index contributed by atoms with van der Waals surface area (Å²) in [5, 5.41) is 0. The molecule has 2 amide bonds. The predicted octanol–water partition coefficient (Wildman–Crippen LogP) is 1.57. The van der Waals surface area contributed by atoms with Gasteiger partial charge in [0.05, 0.1) is 5.92 Å². The number of piperidine rings is 1. The number of ether oxygens (including phenoxy) is 2. The number of amides is 2. The molecule has 8 heteroatoms. The highest BCUT2D eigenvalue weighted by molar-refractivity contribution is 5.89. The van der Waals surface area contributed by atoms with Gasteiger partial charge in [-0.3, -0.25) is 14.4 Å². The number of aromatic nitrogens is 1. The van der Waals surface area contributed by atoms with Gasteiger partial charge in [-0.1, -0.05) is 12.1 Å². The fourth-order valence-electron chi connectivity index (χ4n) is 5.68. The molecule has 2 aromatic rings. The molecule has 6 rings (SSSR count). The highest BCUT2D eigenvalue weighted by atomic mass is 16.7. The van der Waals surface area contributed by atoms with Crippen LogP contribution in [0.2, 0.25) is 0 Å². The number of fused-ring (bicyclic) bond motifs is 5. The lowest BCUT2D eigenvalue weighted by atomic mass is 9.82. The minimum atomic E-state index is -0.312. The molecule has 0 aliphatic carbocycles. The van der Waals surface area contributed by atoms with E-state index in [0.29, 0.717) is 44.2 Å². The number of hydrogen-bond acceptors (Lipinski definition) is 5. The van der Waals surface area contributed by atoms with Gasteiger partial charge < -0.3 is 23.8 Å². The number of carbonyl (C=O) groups excluding carboxylic acids is 2. The van der Waals surface area contributed by atoms with E-state index in [1.165, 1.54) is 0 Å². The normalized spacial score (nSPS) is 25.8. The zero-order valence-electron chi connectivity index (χ0n) is 17.7. The Morgan fingerprint density at radius 3 is 2.78 bits per heavy atom. The second-order valence-corrected chi connectivity index (χ2v) is 9.30. The van der Waals surface area contributed by atoms with Crippen LogP contribution in [0.1, 0.15) is 30.0 Å². The lowest BCUT2D eigenvalue weighted by Crippen LogP contribution is -2.50. The Bertz CT molecular complexity index is 1160. The molecule has 2 saturated heterocycles. The fourth-order valence-corrected chi connectivity index (χ4v) is 5.68. The molecule has 166 valence electrons. The summed E-state index contributed by atoms with van der Waals surface area (Å²) in [6, 6.07) is 11.1. The summed E-state index contributed by atoms with van der Waals surface area (Å²) in [6.45, 7) is 3.05. The number of likely N-dealkylation sites (tertiary alicyclic amines) is 2. The van der Waals surface area contributed by atoms with Crippen molar-refractivity contribution in [3.63, 3.8) is 0 Å². The third-order valence-corrected chi connectivity index (χ3v) is 7.17. The molecular weight excluding hydrogens is 410 g/mol. The van der Waals surface area contributed by atoms with Crippen molar-refractivity contribution >= 4 is 11.8 Å². The first-order chi connectivity index (χ1) is 15.5. The van der Waals surface area contributed by atoms with Crippen LogP contribution in [0.4, 0.5) is 0 Å². The Balaban J connectivity index is 1.14. The van der Waals surface area contributed by atoms with E-state index in [-0.39, 0.29) is 48.3 Å². The molecule has 0 N–H and O–H groups in total. The molecular formula is C24H25N3O5. The number of hydrogen-bond donors (Lipinski definition) is 0. The first-order valence-electron chi connectivity index (χ1n) is 11.2. The topological polar surface area (TPSA) is 81.1 Å². The van der Waals surface area contributed by atoms with Gasteiger partial charge in [0.2, 0.25) is 18.6 Å². The summed E-state index contributed by atoms with van der Waals surface area (Å²) in [6.07, 6.45) is 1.26. The molecule has 4 aliphatic heterocycles. The predicted molar refractivity (Wildman–Crippen MR) is 114 cm³/mol. The number of benzene rings is 1. The van der Waals surface area contributed by atoms with Gasteiger partial charge in [-0.15, -0.1) is 0 Å². The smallest absolute Gasteiger partial charge is 0.250 e. The Morgan fingerprint density at radius 1 is 1.00 bits per heavy atom. The van der Waals surface area contributed by atoms with E-state index in [2.05, 4.69) is 0 Å². The van der Waals surface area contributed by atoms with Gasteiger partial charge in [0.25, 0.3) is 5.56 Å². The van der Waals surface area contributed by atoms with Crippen molar-refractivity contribution in [2.24, 2.45) is 11.8 Å². The molecule has 0 spiro atoms. The SMILES string of the molecule is O=C1CC(C(=O)N2C[C@H]3C[C@H](C2)c2cccc(=O)n2C3)CN1Cc1ccc2c(c1)OCO2. The molecule has 8 nitrogen and oxygen atoms in total. The number of rotatable bonds is 3. The van der Waals surface area contributed by atoms with Crippen LogP contribution >= 0.6 is 0 Å². The second-order valence-electron chi connectivity index (χ2n) is 9.30. The molecule has 5 heterocycles. The maximum Gasteiger partial charge on any atom is 0.250 e. The summed E-state index contributed by atoms with van der Waals surface area (Å²) < 4.78 is 12.6. The molecule has 32 heavy (non-hydrogen) atoms. The average Bonchev–Trinajstić information content (AvgIpc) is 3.40. The fraction of sp³-hybridized carbons (Fsp3) is 0.458. The van der Waals surface area contributed by atoms with Crippen molar-refractivity contribution in [1.29, 1.82) is 0 Å². The van der Waals surface area contributed by atoms with Crippen molar-refractivity contribution < 1.29 is 19.1 Å². The molecule has 2 bridgehead atoms. The van der Waals surface area contributed by atoms with Gasteiger partial charge in [-0.05, 0) is 36.1 Å². The zero-order chi connectivity index (χ0) is 21.8. The third-order valence-electron chi connectivity index (χ3n) is 7.17. The molecule has 0 radical (unpaired) electrons. The molecule has 1 aromatic heterocycles. The van der Waals surface area contributed by atoms with E-state index in [0.717, 1.165) is 17.7 Å². The molecule has 0 saturated carbocycles. The Morgan fingerprint density at radius 2 is 1.88 bits per heavy atom. The summed E-state index contributed by atoms with van der Waals surface area (Å²) in [7, 11) is 0. The van der Waals surface area contributed by atoms with Crippen LogP contribution in [0.3, 0.4) is 0 Å². The van der Waals surface area contributed by atoms with E-state index >= 15 is 0 Å². The summed E-state index contributed by atoms with van der Waals surface area (Å²) >= 11 is 0. The van der Waals surface area contributed by atoms with Crippen LogP contribution in [0.25, 0.3) is 0 Å². The second kappa shape index (κ2) is 7.39. The average molecular weight is 435 g/mol. The van der Waals surface area contributed by atoms with E-state index < -0.39 is 0 Å². The van der Waals surface area contributed by atoms with E-state index in [4.69, 9.17) is 9.47 Å². The Hall–Kier alpha value is -3.29. The van der Waals surface area contributed by atoms with Crippen molar-refractivity contribution in [3.8, 4) is 11.5 Å². The molecule has 3 atom stereocenters. The van der Waals surface area contributed by atoms with Crippen molar-refractivity contribution in [2.45, 2.75) is 31.8 Å². The van der Waals surface area contributed by atoms with Gasteiger partial charge in [0.15, 0.2) is 11.5 Å². The standard InChI is InChI=1S/C24H25N3O5/c28-22-3-1-2-19-17-6-16(11-27(19)22)10-26(12-17)24(30)18-8-23(29)25(13-18)9-15-4-5-20-21(7-15)32-14-31-20/h1-5,7,16-18H,6,8-14H2/t16-,17-,18?/m1/s1. The first-order valence-corrected chi connectivity index (χ1v) is 11.2. The summed E-state index contributed by atoms with van der Waals surface area (Å²) in [5.74, 6) is 1.64. The largest absolute Gasteiger partial charge is 0.454 e. The van der Waals surface area contributed by atoms with Gasteiger partial charge in [-0.25, -0.2) is 0 Å². The maximum atomic E-state index is 13.3. The highest BCUT2D eigenvalue weighted by Crippen LogP contribution is 2.37. The Labute approximate surface area is 185 Å². The molecule has 1 unspecified atom stereocenters. The molecule has 4 aliphatic rings. The third kappa shape index (κ3) is 3.25. The monoisotopic (exact) mass is 435 g/mol. The lowest BCUT2D eigenvalue weighted by Gasteiger charge is -2.43. The van der Waals surface area contributed by atoms with Crippen LogP contribution in [0.15, 0.2) is 41.2 Å². The zero-order valence-corrected chi connectivity index (χ0v) is 17.7.